The highest BCUT2D eigenvalue weighted by Crippen LogP contribution is 2.27. The van der Waals surface area contributed by atoms with Crippen LogP contribution in [0.5, 0.6) is 0 Å². The number of rotatable bonds is 4. The topological polar surface area (TPSA) is 12.0 Å². The molecule has 0 saturated carbocycles. The van der Waals surface area contributed by atoms with Crippen molar-refractivity contribution < 1.29 is 0 Å². The van der Waals surface area contributed by atoms with Crippen molar-refractivity contribution in [3.63, 3.8) is 0 Å². The minimum absolute atomic E-state index is 0.493. The van der Waals surface area contributed by atoms with Gasteiger partial charge in [0.25, 0.3) is 0 Å². The lowest BCUT2D eigenvalue weighted by Gasteiger charge is -2.23. The molecule has 1 aliphatic rings. The summed E-state index contributed by atoms with van der Waals surface area (Å²) >= 11 is 6.14. The van der Waals surface area contributed by atoms with Crippen LogP contribution < -0.4 is 5.32 Å². The van der Waals surface area contributed by atoms with Crippen molar-refractivity contribution >= 4 is 34.9 Å². The lowest BCUT2D eigenvalue weighted by molar-refractivity contribution is 0.576. The lowest BCUT2D eigenvalue weighted by atomic mass is 10.1. The third-order valence-corrected chi connectivity index (χ3v) is 6.91. The molecule has 0 aliphatic carbocycles. The number of thioether (sulfide) groups is 2. The molecule has 2 atom stereocenters. The SMILES string of the molecule is Cc1cc(C(C)NCC2CSCCS2)c(C)s1. The molecule has 0 spiro atoms. The highest BCUT2D eigenvalue weighted by Gasteiger charge is 2.16. The van der Waals surface area contributed by atoms with E-state index in [0.29, 0.717) is 6.04 Å². The predicted octanol–water partition coefficient (Wildman–Crippen LogP) is 3.86. The maximum atomic E-state index is 3.70. The predicted molar refractivity (Wildman–Crippen MR) is 83.8 cm³/mol. The van der Waals surface area contributed by atoms with Crippen molar-refractivity contribution in [3.8, 4) is 0 Å². The maximum absolute atomic E-state index is 3.70. The summed E-state index contributed by atoms with van der Waals surface area (Å²) in [4.78, 5) is 2.89. The summed E-state index contributed by atoms with van der Waals surface area (Å²) in [5.41, 5.74) is 1.49. The van der Waals surface area contributed by atoms with Crippen LogP contribution >= 0.6 is 34.9 Å². The Morgan fingerprint density at radius 1 is 1.41 bits per heavy atom. The molecule has 0 aromatic carbocycles. The van der Waals surface area contributed by atoms with Gasteiger partial charge in [-0.15, -0.1) is 11.3 Å². The standard InChI is InChI=1S/C13H21NS3/c1-9-6-13(11(3)17-9)10(2)14-7-12-8-15-4-5-16-12/h6,10,12,14H,4-5,7-8H2,1-3H3. The Bertz CT molecular complexity index is 356. The summed E-state index contributed by atoms with van der Waals surface area (Å²) < 4.78 is 0. The fraction of sp³-hybridized carbons (Fsp3) is 0.692. The number of aryl methyl sites for hydroxylation is 2. The van der Waals surface area contributed by atoms with Gasteiger partial charge < -0.3 is 5.32 Å². The lowest BCUT2D eigenvalue weighted by Crippen LogP contribution is -2.30. The molecule has 2 heterocycles. The fourth-order valence-electron chi connectivity index (χ4n) is 2.15. The van der Waals surface area contributed by atoms with E-state index in [1.54, 1.807) is 0 Å². The molecule has 0 bridgehead atoms. The van der Waals surface area contributed by atoms with Crippen LogP contribution in [0.25, 0.3) is 0 Å². The van der Waals surface area contributed by atoms with Gasteiger partial charge in [0.05, 0.1) is 0 Å². The van der Waals surface area contributed by atoms with E-state index in [9.17, 15) is 0 Å². The monoisotopic (exact) mass is 287 g/mol. The molecule has 0 radical (unpaired) electrons. The minimum Gasteiger partial charge on any atom is -0.309 e. The molecule has 1 aromatic heterocycles. The summed E-state index contributed by atoms with van der Waals surface area (Å²) in [6.45, 7) is 7.86. The van der Waals surface area contributed by atoms with Crippen molar-refractivity contribution in [2.24, 2.45) is 0 Å². The van der Waals surface area contributed by atoms with Gasteiger partial charge in [0.2, 0.25) is 0 Å². The zero-order valence-electron chi connectivity index (χ0n) is 10.8. The van der Waals surface area contributed by atoms with Gasteiger partial charge in [0.1, 0.15) is 0 Å². The quantitative estimate of drug-likeness (QED) is 0.903. The van der Waals surface area contributed by atoms with E-state index in [1.165, 1.54) is 32.6 Å². The summed E-state index contributed by atoms with van der Waals surface area (Å²) in [7, 11) is 0. The van der Waals surface area contributed by atoms with E-state index in [4.69, 9.17) is 0 Å². The number of hydrogen-bond donors (Lipinski definition) is 1. The second-order valence-corrected chi connectivity index (χ2v) is 8.58. The van der Waals surface area contributed by atoms with Crippen LogP contribution in [0.2, 0.25) is 0 Å². The van der Waals surface area contributed by atoms with E-state index >= 15 is 0 Å². The smallest absolute Gasteiger partial charge is 0.0303 e. The largest absolute Gasteiger partial charge is 0.309 e. The maximum Gasteiger partial charge on any atom is 0.0303 e. The van der Waals surface area contributed by atoms with Crippen LogP contribution in [-0.4, -0.2) is 29.1 Å². The Labute approximate surface area is 117 Å². The molecule has 1 saturated heterocycles. The third kappa shape index (κ3) is 3.91. The summed E-state index contributed by atoms with van der Waals surface area (Å²) in [6.07, 6.45) is 0. The molecular formula is C13H21NS3. The van der Waals surface area contributed by atoms with Gasteiger partial charge >= 0.3 is 0 Å². The van der Waals surface area contributed by atoms with Crippen molar-refractivity contribution in [2.45, 2.75) is 32.1 Å². The summed E-state index contributed by atoms with van der Waals surface area (Å²) in [6, 6.07) is 2.83. The molecule has 1 fully saturated rings. The molecule has 1 aromatic rings. The van der Waals surface area contributed by atoms with Crippen LogP contribution in [0, 0.1) is 13.8 Å². The highest BCUT2D eigenvalue weighted by molar-refractivity contribution is 8.06. The molecule has 0 amide bonds. The van der Waals surface area contributed by atoms with Crippen LogP contribution in [-0.2, 0) is 0 Å². The molecule has 1 nitrogen and oxygen atoms in total. The molecule has 4 heteroatoms. The van der Waals surface area contributed by atoms with Crippen LogP contribution in [0.15, 0.2) is 6.07 Å². The second-order valence-electron chi connectivity index (χ2n) is 4.57. The number of nitrogens with one attached hydrogen (secondary N) is 1. The van der Waals surface area contributed by atoms with Gasteiger partial charge in [-0.05, 0) is 32.4 Å². The molecule has 1 aliphatic heterocycles. The van der Waals surface area contributed by atoms with Crippen LogP contribution in [0.3, 0.4) is 0 Å². The number of thiophene rings is 1. The molecule has 96 valence electrons. The van der Waals surface area contributed by atoms with Gasteiger partial charge in [-0.1, -0.05) is 0 Å². The van der Waals surface area contributed by atoms with E-state index in [-0.39, 0.29) is 0 Å². The highest BCUT2D eigenvalue weighted by atomic mass is 32.2. The molecule has 2 unspecified atom stereocenters. The van der Waals surface area contributed by atoms with E-state index in [2.05, 4.69) is 55.7 Å². The third-order valence-electron chi connectivity index (χ3n) is 3.08. The van der Waals surface area contributed by atoms with E-state index in [0.717, 1.165) is 11.8 Å². The van der Waals surface area contributed by atoms with Crippen molar-refractivity contribution in [1.29, 1.82) is 0 Å². The van der Waals surface area contributed by atoms with E-state index < -0.39 is 0 Å². The average Bonchev–Trinajstić information content (AvgIpc) is 2.67. The van der Waals surface area contributed by atoms with Gasteiger partial charge in [-0.2, -0.15) is 23.5 Å². The molecular weight excluding hydrogens is 266 g/mol. The first-order valence-corrected chi connectivity index (χ1v) is 9.18. The van der Waals surface area contributed by atoms with Crippen LogP contribution in [0.4, 0.5) is 0 Å². The van der Waals surface area contributed by atoms with Gasteiger partial charge in [-0.3, -0.25) is 0 Å². The Morgan fingerprint density at radius 3 is 2.82 bits per heavy atom. The normalized spacial score (nSPS) is 22.6. The van der Waals surface area contributed by atoms with Crippen molar-refractivity contribution in [3.05, 3.63) is 21.4 Å². The second kappa shape index (κ2) is 6.50. The Hall–Kier alpha value is 0.360. The van der Waals surface area contributed by atoms with Gasteiger partial charge in [0.15, 0.2) is 0 Å². The van der Waals surface area contributed by atoms with Crippen LogP contribution in [0.1, 0.15) is 28.3 Å². The Kier molecular flexibility index (Phi) is 5.27. The van der Waals surface area contributed by atoms with Crippen molar-refractivity contribution in [1.82, 2.24) is 5.32 Å². The minimum atomic E-state index is 0.493. The first-order valence-electron chi connectivity index (χ1n) is 6.16. The Morgan fingerprint density at radius 2 is 2.24 bits per heavy atom. The number of hydrogen-bond acceptors (Lipinski definition) is 4. The summed E-state index contributed by atoms with van der Waals surface area (Å²) in [5.74, 6) is 3.97. The van der Waals surface area contributed by atoms with Crippen molar-refractivity contribution in [2.75, 3.05) is 23.8 Å². The first kappa shape index (κ1) is 13.8. The van der Waals surface area contributed by atoms with Gasteiger partial charge in [-0.25, -0.2) is 0 Å². The average molecular weight is 288 g/mol. The first-order chi connectivity index (χ1) is 8.16. The molecule has 1 N–H and O–H groups in total. The van der Waals surface area contributed by atoms with E-state index in [1.807, 2.05) is 11.3 Å². The molecule has 17 heavy (non-hydrogen) atoms. The summed E-state index contributed by atoms with van der Waals surface area (Å²) in [5, 5.41) is 4.50. The molecule has 2 rings (SSSR count). The fourth-order valence-corrected chi connectivity index (χ4v) is 5.80. The van der Waals surface area contributed by atoms with Gasteiger partial charge in [0, 0.05) is 44.8 Å². The zero-order valence-corrected chi connectivity index (χ0v) is 13.2. The zero-order chi connectivity index (χ0) is 12.3. The Balaban J connectivity index is 1.84.